The number of aryl methyl sites for hydroxylation is 1. The van der Waals surface area contributed by atoms with E-state index in [1.165, 1.54) is 16.8 Å². The molecule has 1 aromatic heterocycles. The predicted molar refractivity (Wildman–Crippen MR) is 119 cm³/mol. The van der Waals surface area contributed by atoms with Crippen LogP contribution in [-0.4, -0.2) is 31.6 Å². The van der Waals surface area contributed by atoms with E-state index in [-0.39, 0.29) is 22.3 Å². The zero-order chi connectivity index (χ0) is 22.9. The second-order valence-corrected chi connectivity index (χ2v) is 8.39. The number of phenols is 2. The van der Waals surface area contributed by atoms with Crippen molar-refractivity contribution in [2.75, 3.05) is 0 Å². The molecule has 8 heteroatoms. The second-order valence-electron chi connectivity index (χ2n) is 8.39. The van der Waals surface area contributed by atoms with Crippen LogP contribution in [0.5, 0.6) is 11.5 Å². The molecular weight excluding hydrogens is 396 g/mol. The Morgan fingerprint density at radius 2 is 1.71 bits per heavy atom. The summed E-state index contributed by atoms with van der Waals surface area (Å²) in [6, 6.07) is 11.4. The number of benzene rings is 2. The number of carbonyl (C=O) groups excluding carboxylic acids is 1. The van der Waals surface area contributed by atoms with Gasteiger partial charge in [0.05, 0.1) is 17.0 Å². The number of nitrogens with zero attached hydrogens (tertiary/aromatic N) is 2. The molecule has 0 unspecified atom stereocenters. The number of amides is 1. The third kappa shape index (κ3) is 4.53. The van der Waals surface area contributed by atoms with Crippen molar-refractivity contribution in [2.45, 2.75) is 40.0 Å². The molecule has 1 amide bonds. The number of hydrogen-bond donors (Lipinski definition) is 4. The summed E-state index contributed by atoms with van der Waals surface area (Å²) in [5, 5.41) is 26.0. The van der Waals surface area contributed by atoms with Crippen molar-refractivity contribution >= 4 is 11.6 Å². The normalized spacial score (nSPS) is 12.1. The fraction of sp³-hybridized carbons (Fsp3) is 0.261. The van der Waals surface area contributed by atoms with Crippen molar-refractivity contribution in [1.82, 2.24) is 15.2 Å². The highest BCUT2D eigenvalue weighted by molar-refractivity contribution is 6.01. The molecular formula is C23H26N4O4. The lowest BCUT2D eigenvalue weighted by molar-refractivity contribution is 0.0954. The highest BCUT2D eigenvalue weighted by atomic mass is 16.3. The molecule has 0 radical (unpaired) electrons. The minimum absolute atomic E-state index is 0.00997. The number of H-pyrrole nitrogens is 1. The number of aromatic amines is 1. The van der Waals surface area contributed by atoms with Crippen molar-refractivity contribution in [1.29, 1.82) is 0 Å². The minimum Gasteiger partial charge on any atom is -0.504 e. The Morgan fingerprint density at radius 3 is 2.29 bits per heavy atom. The van der Waals surface area contributed by atoms with Crippen LogP contribution in [0.1, 0.15) is 54.9 Å². The molecule has 162 valence electrons. The lowest BCUT2D eigenvalue weighted by Crippen LogP contribution is -2.23. The van der Waals surface area contributed by atoms with Gasteiger partial charge < -0.3 is 10.2 Å². The second kappa shape index (κ2) is 8.14. The molecule has 0 aliphatic carbocycles. The van der Waals surface area contributed by atoms with E-state index in [4.69, 9.17) is 0 Å². The molecule has 2 aromatic carbocycles. The molecule has 1 heterocycles. The SMILES string of the molecule is C/C(=N/NC(=O)c1ccc(O)c(O)c1)c1c(C)[nH]n(-c2ccc(C(C)(C)C)cc2)c1=O. The summed E-state index contributed by atoms with van der Waals surface area (Å²) in [6.45, 7) is 9.75. The van der Waals surface area contributed by atoms with Gasteiger partial charge in [0.25, 0.3) is 11.5 Å². The van der Waals surface area contributed by atoms with Gasteiger partial charge in [0.1, 0.15) is 0 Å². The Kier molecular flexibility index (Phi) is 5.75. The van der Waals surface area contributed by atoms with E-state index in [0.717, 1.165) is 11.6 Å². The van der Waals surface area contributed by atoms with Gasteiger partial charge in [-0.05, 0) is 55.2 Å². The van der Waals surface area contributed by atoms with Gasteiger partial charge in [0.2, 0.25) is 0 Å². The first-order valence-electron chi connectivity index (χ1n) is 9.78. The van der Waals surface area contributed by atoms with Crippen LogP contribution in [0.4, 0.5) is 0 Å². The maximum Gasteiger partial charge on any atom is 0.280 e. The van der Waals surface area contributed by atoms with Crippen LogP contribution in [0.3, 0.4) is 0 Å². The molecule has 0 aliphatic rings. The lowest BCUT2D eigenvalue weighted by atomic mass is 9.87. The van der Waals surface area contributed by atoms with Gasteiger partial charge in [-0.3, -0.25) is 14.7 Å². The van der Waals surface area contributed by atoms with Crippen LogP contribution in [0, 0.1) is 6.92 Å². The summed E-state index contributed by atoms with van der Waals surface area (Å²) in [7, 11) is 0. The average molecular weight is 422 g/mol. The number of hydrogen-bond acceptors (Lipinski definition) is 5. The molecule has 0 fully saturated rings. The summed E-state index contributed by atoms with van der Waals surface area (Å²) in [5.41, 5.74) is 5.38. The molecule has 0 aliphatic heterocycles. The Balaban J connectivity index is 1.86. The number of aromatic nitrogens is 2. The number of rotatable bonds is 4. The Bertz CT molecular complexity index is 1210. The van der Waals surface area contributed by atoms with Gasteiger partial charge in [-0.2, -0.15) is 5.10 Å². The van der Waals surface area contributed by atoms with Crippen molar-refractivity contribution < 1.29 is 15.0 Å². The van der Waals surface area contributed by atoms with Crippen molar-refractivity contribution in [3.8, 4) is 17.2 Å². The number of hydrazone groups is 1. The van der Waals surface area contributed by atoms with E-state index < -0.39 is 11.7 Å². The average Bonchev–Trinajstić information content (AvgIpc) is 3.01. The van der Waals surface area contributed by atoms with E-state index in [1.807, 2.05) is 24.3 Å². The first-order valence-corrected chi connectivity index (χ1v) is 9.78. The van der Waals surface area contributed by atoms with Gasteiger partial charge in [-0.25, -0.2) is 10.1 Å². The molecule has 0 atom stereocenters. The highest BCUT2D eigenvalue weighted by Gasteiger charge is 2.17. The number of carbonyl (C=O) groups is 1. The zero-order valence-electron chi connectivity index (χ0n) is 18.1. The van der Waals surface area contributed by atoms with E-state index in [9.17, 15) is 19.8 Å². The van der Waals surface area contributed by atoms with E-state index in [0.29, 0.717) is 22.7 Å². The van der Waals surface area contributed by atoms with E-state index >= 15 is 0 Å². The minimum atomic E-state index is -0.582. The van der Waals surface area contributed by atoms with Crippen LogP contribution in [0.15, 0.2) is 52.4 Å². The molecule has 0 saturated heterocycles. The number of nitrogens with one attached hydrogen (secondary N) is 2. The monoisotopic (exact) mass is 422 g/mol. The van der Waals surface area contributed by atoms with Crippen molar-refractivity contribution in [3.63, 3.8) is 0 Å². The van der Waals surface area contributed by atoms with Crippen LogP contribution < -0.4 is 11.0 Å². The van der Waals surface area contributed by atoms with Crippen LogP contribution in [0.2, 0.25) is 0 Å². The third-order valence-corrected chi connectivity index (χ3v) is 4.99. The molecule has 0 spiro atoms. The maximum atomic E-state index is 13.0. The van der Waals surface area contributed by atoms with Gasteiger partial charge in [0.15, 0.2) is 11.5 Å². The van der Waals surface area contributed by atoms with Crippen molar-refractivity contribution in [2.24, 2.45) is 5.10 Å². The number of phenolic OH excluding ortho intramolecular Hbond substituents is 2. The summed E-state index contributed by atoms with van der Waals surface area (Å²) < 4.78 is 1.44. The van der Waals surface area contributed by atoms with Crippen LogP contribution in [0.25, 0.3) is 5.69 Å². The highest BCUT2D eigenvalue weighted by Crippen LogP contribution is 2.25. The van der Waals surface area contributed by atoms with Gasteiger partial charge in [0, 0.05) is 11.3 Å². The lowest BCUT2D eigenvalue weighted by Gasteiger charge is -2.19. The third-order valence-electron chi connectivity index (χ3n) is 4.99. The molecule has 3 rings (SSSR count). The van der Waals surface area contributed by atoms with Crippen LogP contribution in [-0.2, 0) is 5.41 Å². The molecule has 31 heavy (non-hydrogen) atoms. The summed E-state index contributed by atoms with van der Waals surface area (Å²) in [6.07, 6.45) is 0. The smallest absolute Gasteiger partial charge is 0.280 e. The summed E-state index contributed by atoms with van der Waals surface area (Å²) in [4.78, 5) is 25.2. The van der Waals surface area contributed by atoms with Crippen molar-refractivity contribution in [3.05, 3.63) is 75.2 Å². The molecule has 8 nitrogen and oxygen atoms in total. The Labute approximate surface area is 179 Å². The van der Waals surface area contributed by atoms with E-state index in [2.05, 4.69) is 36.4 Å². The summed E-state index contributed by atoms with van der Waals surface area (Å²) in [5.74, 6) is -1.31. The zero-order valence-corrected chi connectivity index (χ0v) is 18.1. The molecule has 3 aromatic rings. The maximum absolute atomic E-state index is 13.0. The van der Waals surface area contributed by atoms with Gasteiger partial charge in [-0.15, -0.1) is 0 Å². The standard InChI is InChI=1S/C23H26N4O4/c1-13(24-25-21(30)15-6-11-18(28)19(29)12-15)20-14(2)26-27(22(20)31)17-9-7-16(8-10-17)23(3,4)5/h6-12,26,28-29H,1-5H3,(H,25,30)/b24-13-. The Morgan fingerprint density at radius 1 is 1.06 bits per heavy atom. The van der Waals surface area contributed by atoms with Crippen LogP contribution >= 0.6 is 0 Å². The largest absolute Gasteiger partial charge is 0.504 e. The molecule has 0 bridgehead atoms. The fourth-order valence-corrected chi connectivity index (χ4v) is 3.18. The molecule has 4 N–H and O–H groups in total. The first kappa shape index (κ1) is 21.9. The van der Waals surface area contributed by atoms with Gasteiger partial charge >= 0.3 is 0 Å². The predicted octanol–water partition coefficient (Wildman–Crippen LogP) is 3.34. The fourth-order valence-electron chi connectivity index (χ4n) is 3.18. The topological polar surface area (TPSA) is 120 Å². The van der Waals surface area contributed by atoms with E-state index in [1.54, 1.807) is 13.8 Å². The summed E-state index contributed by atoms with van der Waals surface area (Å²) >= 11 is 0. The number of aromatic hydroxyl groups is 2. The molecule has 0 saturated carbocycles. The quantitative estimate of drug-likeness (QED) is 0.293. The first-order chi connectivity index (χ1) is 14.5. The Hall–Kier alpha value is -3.81. The van der Waals surface area contributed by atoms with Gasteiger partial charge in [-0.1, -0.05) is 32.9 Å².